The number of aromatic nitrogens is 2. The third-order valence-electron chi connectivity index (χ3n) is 11.6. The molecule has 6 rings (SSSR count). The third-order valence-corrected chi connectivity index (χ3v) is 13.2. The zero-order valence-corrected chi connectivity index (χ0v) is 42.2. The first-order valence-corrected chi connectivity index (χ1v) is 24.1. The van der Waals surface area contributed by atoms with Gasteiger partial charge >= 0.3 is 6.18 Å². The molecule has 16 nitrogen and oxygen atoms in total. The van der Waals surface area contributed by atoms with Crippen molar-refractivity contribution in [3.63, 3.8) is 0 Å². The van der Waals surface area contributed by atoms with E-state index in [4.69, 9.17) is 48.0 Å². The lowest BCUT2D eigenvalue weighted by Gasteiger charge is -2.35. The van der Waals surface area contributed by atoms with Crippen LogP contribution in [0.5, 0.6) is 5.88 Å². The molecule has 0 aliphatic carbocycles. The number of ether oxygens (including phenoxy) is 4. The summed E-state index contributed by atoms with van der Waals surface area (Å²) >= 11 is 13.5. The summed E-state index contributed by atoms with van der Waals surface area (Å²) in [5, 5.41) is 14.6. The molecule has 2 aromatic carbocycles. The lowest BCUT2D eigenvalue weighted by molar-refractivity contribution is -0.144. The van der Waals surface area contributed by atoms with Crippen LogP contribution in [0.2, 0.25) is 5.02 Å². The summed E-state index contributed by atoms with van der Waals surface area (Å²) < 4.78 is 78.8. The number of carbonyl (C=O) groups is 4. The monoisotopic (exact) mass is 1040 g/mol. The normalized spacial score (nSPS) is 16.3. The van der Waals surface area contributed by atoms with E-state index in [1.165, 1.54) is 37.1 Å². The number of nitriles is 1. The fourth-order valence-corrected chi connectivity index (χ4v) is 9.52. The van der Waals surface area contributed by atoms with Crippen LogP contribution in [0, 0.1) is 29.5 Å². The third kappa shape index (κ3) is 12.8. The molecule has 2 aliphatic rings. The molecule has 4 amide bonds. The lowest BCUT2D eigenvalue weighted by Crippen LogP contribution is -2.58. The van der Waals surface area contributed by atoms with Crippen molar-refractivity contribution in [2.24, 2.45) is 5.41 Å². The quantitative estimate of drug-likeness (QED) is 0.0508. The Kier molecular flexibility index (Phi) is 17.8. The molecule has 380 valence electrons. The highest BCUT2D eigenvalue weighted by Crippen LogP contribution is 2.43. The molecule has 0 bridgehead atoms. The van der Waals surface area contributed by atoms with E-state index < -0.39 is 63.7 Å². The molecule has 0 radical (unpaired) electrons. The van der Waals surface area contributed by atoms with Crippen LogP contribution in [0.1, 0.15) is 69.8 Å². The molecular formula is C48H53ClF4N8O8S2. The second-order valence-corrected chi connectivity index (χ2v) is 19.7. The molecule has 0 spiro atoms. The van der Waals surface area contributed by atoms with Crippen LogP contribution in [-0.4, -0.2) is 114 Å². The van der Waals surface area contributed by atoms with Crippen LogP contribution < -0.4 is 25.2 Å². The molecule has 2 N–H and O–H groups in total. The van der Waals surface area contributed by atoms with Crippen LogP contribution in [-0.2, 0) is 46.1 Å². The number of aryl methyl sites for hydroxylation is 1. The van der Waals surface area contributed by atoms with E-state index in [2.05, 4.69) is 20.6 Å². The number of alkyl halides is 3. The van der Waals surface area contributed by atoms with E-state index in [0.717, 1.165) is 33.8 Å². The number of likely N-dealkylation sites (tertiary alicyclic amines) is 1. The van der Waals surface area contributed by atoms with E-state index >= 15 is 4.39 Å². The predicted molar refractivity (Wildman–Crippen MR) is 260 cm³/mol. The maximum atomic E-state index is 15.4. The molecule has 2 saturated heterocycles. The van der Waals surface area contributed by atoms with Crippen molar-refractivity contribution in [1.82, 2.24) is 25.5 Å². The second-order valence-electron chi connectivity index (χ2n) is 18.1. The van der Waals surface area contributed by atoms with Gasteiger partial charge in [0.15, 0.2) is 10.9 Å². The van der Waals surface area contributed by atoms with Gasteiger partial charge in [-0.1, -0.05) is 56.6 Å². The van der Waals surface area contributed by atoms with E-state index in [1.807, 2.05) is 57.5 Å². The number of benzene rings is 2. The smallest absolute Gasteiger partial charge is 0.420 e. The molecule has 2 aliphatic heterocycles. The van der Waals surface area contributed by atoms with Crippen molar-refractivity contribution in [1.29, 1.82) is 5.26 Å². The fourth-order valence-electron chi connectivity index (χ4n) is 7.97. The summed E-state index contributed by atoms with van der Waals surface area (Å²) in [5.74, 6) is -3.72. The summed E-state index contributed by atoms with van der Waals surface area (Å²) in [5.41, 5.74) is -0.791. The van der Waals surface area contributed by atoms with Crippen LogP contribution in [0.3, 0.4) is 0 Å². The van der Waals surface area contributed by atoms with Crippen molar-refractivity contribution < 1.29 is 55.7 Å². The SMILES string of the molecule is Cc1ncsc1-c1ccc(CNC(=O)[C@@H]2CCCN2C(=O)[C@@H](NC(=O)COCCOCCOCCOc2ncc(N3C(=S)N(c4ccc(C#N)c(C(F)(F)F)c4F)C(=O)C3(C)C)cc2Cl)C(C)(C)C)cc1. The van der Waals surface area contributed by atoms with Crippen molar-refractivity contribution in [3.05, 3.63) is 87.4 Å². The second kappa shape index (κ2) is 23.2. The highest BCUT2D eigenvalue weighted by molar-refractivity contribution is 7.81. The van der Waals surface area contributed by atoms with Gasteiger partial charge in [0, 0.05) is 13.1 Å². The highest BCUT2D eigenvalue weighted by atomic mass is 35.5. The van der Waals surface area contributed by atoms with E-state index in [9.17, 15) is 32.3 Å². The zero-order valence-electron chi connectivity index (χ0n) is 39.8. The van der Waals surface area contributed by atoms with Gasteiger partial charge in [-0.25, -0.2) is 14.4 Å². The molecule has 2 aromatic heterocycles. The number of carbonyl (C=O) groups excluding carboxylic acids is 4. The standard InChI is InChI=1S/C48H53ClF4N8O8S2/c1-28-39(71-27-57-28)30-11-9-29(10-12-30)24-55-41(63)35-8-7-15-59(35)43(64)40(46(2,3)4)58-36(62)26-68-19-18-66-16-17-67-20-21-69-42-33(49)22-32(25-56-42)61-45(70)60(44(65)47(61,5)6)34-14-13-31(23-54)37(38(34)50)48(51,52)53/h9-14,22,25,27,35,40H,7-8,15-21,24,26H2,1-6H3,(H,55,63)(H,58,62)/t35-,40+/m0/s1. The van der Waals surface area contributed by atoms with Crippen LogP contribution in [0.25, 0.3) is 10.4 Å². The molecule has 0 unspecified atom stereocenters. The van der Waals surface area contributed by atoms with Gasteiger partial charge in [0.2, 0.25) is 23.6 Å². The van der Waals surface area contributed by atoms with Gasteiger partial charge in [0.05, 0.1) is 78.3 Å². The predicted octanol–water partition coefficient (Wildman–Crippen LogP) is 7.38. The minimum absolute atomic E-state index is 0.00520. The number of nitrogens with one attached hydrogen (secondary N) is 2. The largest absolute Gasteiger partial charge is 0.474 e. The van der Waals surface area contributed by atoms with Gasteiger partial charge in [-0.3, -0.25) is 24.1 Å². The summed E-state index contributed by atoms with van der Waals surface area (Å²) in [7, 11) is 0. The first kappa shape index (κ1) is 54.5. The van der Waals surface area contributed by atoms with E-state index in [0.29, 0.717) is 30.8 Å². The number of nitrogens with zero attached hydrogens (tertiary/aromatic N) is 6. The molecule has 71 heavy (non-hydrogen) atoms. The Morgan fingerprint density at radius 2 is 1.68 bits per heavy atom. The Morgan fingerprint density at radius 3 is 2.28 bits per heavy atom. The van der Waals surface area contributed by atoms with Crippen LogP contribution in [0.15, 0.2) is 54.2 Å². The van der Waals surface area contributed by atoms with Crippen molar-refractivity contribution >= 4 is 75.3 Å². The molecule has 23 heteroatoms. The van der Waals surface area contributed by atoms with Gasteiger partial charge in [-0.15, -0.1) is 11.3 Å². The Labute approximate surface area is 422 Å². The van der Waals surface area contributed by atoms with Crippen molar-refractivity contribution in [2.45, 2.75) is 84.7 Å². The number of pyridine rings is 1. The fraction of sp³-hybridized carbons (Fsp3) is 0.458. The highest BCUT2D eigenvalue weighted by Gasteiger charge is 2.52. The minimum Gasteiger partial charge on any atom is -0.474 e. The lowest BCUT2D eigenvalue weighted by atomic mass is 9.85. The molecule has 2 fully saturated rings. The molecule has 4 heterocycles. The van der Waals surface area contributed by atoms with Gasteiger partial charge in [0.1, 0.15) is 41.4 Å². The molecule has 0 saturated carbocycles. The Hall–Kier alpha value is -5.83. The first-order chi connectivity index (χ1) is 33.6. The summed E-state index contributed by atoms with van der Waals surface area (Å²) in [6.07, 6.45) is -2.77. The van der Waals surface area contributed by atoms with E-state index in [-0.39, 0.29) is 79.8 Å². The summed E-state index contributed by atoms with van der Waals surface area (Å²) in [4.78, 5) is 66.8. The minimum atomic E-state index is -5.22. The molecule has 2 atom stereocenters. The Morgan fingerprint density at radius 1 is 1.01 bits per heavy atom. The van der Waals surface area contributed by atoms with Gasteiger partial charge in [-0.2, -0.15) is 18.4 Å². The van der Waals surface area contributed by atoms with Crippen LogP contribution >= 0.6 is 35.2 Å². The van der Waals surface area contributed by atoms with Gasteiger partial charge in [0.25, 0.3) is 5.91 Å². The summed E-state index contributed by atoms with van der Waals surface area (Å²) in [6, 6.07) is 10.7. The Balaban J connectivity index is 0.878. The number of thiocarbonyl (C=S) groups is 1. The van der Waals surface area contributed by atoms with Crippen molar-refractivity contribution in [2.75, 3.05) is 62.6 Å². The maximum Gasteiger partial charge on any atom is 0.420 e. The topological polar surface area (TPSA) is 189 Å². The number of hydrogen-bond donors (Lipinski definition) is 2. The Bertz CT molecular complexity index is 2660. The number of halogens is 5. The molecular weight excluding hydrogens is 992 g/mol. The average Bonchev–Trinajstić information content (AvgIpc) is 4.02. The number of hydrogen-bond acceptors (Lipinski definition) is 13. The van der Waals surface area contributed by atoms with Gasteiger partial charge < -0.3 is 39.4 Å². The van der Waals surface area contributed by atoms with Crippen LogP contribution in [0.4, 0.5) is 28.9 Å². The van der Waals surface area contributed by atoms with E-state index in [1.54, 1.807) is 16.2 Å². The van der Waals surface area contributed by atoms with Crippen molar-refractivity contribution in [3.8, 4) is 22.4 Å². The average molecular weight is 1050 g/mol. The van der Waals surface area contributed by atoms with Gasteiger partial charge in [-0.05, 0) is 80.6 Å². The number of rotatable bonds is 20. The zero-order chi connectivity index (χ0) is 51.8. The summed E-state index contributed by atoms with van der Waals surface area (Å²) in [6.45, 7) is 11.5. The maximum absolute atomic E-state index is 15.4. The molecule has 4 aromatic rings. The number of thiazole rings is 1. The number of amides is 4. The first-order valence-electron chi connectivity index (χ1n) is 22.4. The number of anilines is 2.